The molecular weight excluding hydrogens is 514 g/mol. The number of nitrogens with zero attached hydrogens (tertiary/aromatic N) is 5. The second-order valence-electron chi connectivity index (χ2n) is 12.4. The van der Waals surface area contributed by atoms with Crippen LogP contribution in [0.25, 0.3) is 82.8 Å². The second-order valence-corrected chi connectivity index (χ2v) is 12.4. The van der Waals surface area contributed by atoms with Gasteiger partial charge in [0, 0.05) is 11.0 Å². The molecule has 0 radical (unpaired) electrons. The van der Waals surface area contributed by atoms with Crippen LogP contribution in [-0.2, 0) is 5.41 Å². The first-order valence-corrected chi connectivity index (χ1v) is 14.5. The van der Waals surface area contributed by atoms with E-state index in [1.165, 1.54) is 60.3 Å². The summed E-state index contributed by atoms with van der Waals surface area (Å²) in [4.78, 5) is 10.6. The minimum Gasteiger partial charge on any atom is -0.276 e. The van der Waals surface area contributed by atoms with Crippen molar-refractivity contribution < 1.29 is 0 Å². The predicted molar refractivity (Wildman–Crippen MR) is 171 cm³/mol. The lowest BCUT2D eigenvalue weighted by Crippen LogP contribution is -2.15. The lowest BCUT2D eigenvalue weighted by Gasteiger charge is -2.21. The van der Waals surface area contributed by atoms with E-state index in [1.54, 1.807) is 0 Å². The third-order valence-corrected chi connectivity index (χ3v) is 9.89. The highest BCUT2D eigenvalue weighted by atomic mass is 15.3. The Morgan fingerprint density at radius 3 is 1.71 bits per heavy atom. The Labute approximate surface area is 239 Å². The monoisotopic (exact) mass is 537 g/mol. The normalized spacial score (nSPS) is 14.6. The summed E-state index contributed by atoms with van der Waals surface area (Å²) >= 11 is 0. The Morgan fingerprint density at radius 2 is 1.05 bits per heavy atom. The van der Waals surface area contributed by atoms with Crippen molar-refractivity contribution in [2.24, 2.45) is 0 Å². The molecule has 1 aliphatic carbocycles. The number of hydrogen-bond donors (Lipinski definition) is 0. The van der Waals surface area contributed by atoms with Gasteiger partial charge in [-0.15, -0.1) is 0 Å². The van der Waals surface area contributed by atoms with E-state index in [0.717, 1.165) is 33.6 Å². The molecule has 0 unspecified atom stereocenters. The minimum absolute atomic E-state index is 0.139. The molecule has 6 aromatic carbocycles. The van der Waals surface area contributed by atoms with Crippen molar-refractivity contribution in [3.63, 3.8) is 0 Å². The molecule has 1 aliphatic rings. The summed E-state index contributed by atoms with van der Waals surface area (Å²) < 4.78 is 7.06. The molecule has 0 atom stereocenters. The molecule has 42 heavy (non-hydrogen) atoms. The summed E-state index contributed by atoms with van der Waals surface area (Å²) in [7, 11) is 0. The van der Waals surface area contributed by atoms with Crippen LogP contribution in [0.5, 0.6) is 0 Å². The first-order valence-electron chi connectivity index (χ1n) is 14.5. The highest BCUT2D eigenvalue weighted by molar-refractivity contribution is 6.13. The Bertz CT molecular complexity index is 2820. The summed E-state index contributed by atoms with van der Waals surface area (Å²) in [6, 6.07) is 37.5. The van der Waals surface area contributed by atoms with Crippen LogP contribution in [-0.4, -0.2) is 23.2 Å². The SMILES string of the molecule is CC1(C)c2ccccc2-c2c1cc1c3c2n2c4cc5ccccc5cc4nc2n3c2nc3cc4ccccc4cc3n12. The van der Waals surface area contributed by atoms with Crippen LogP contribution in [0.3, 0.4) is 0 Å². The van der Waals surface area contributed by atoms with E-state index in [1.807, 2.05) is 0 Å². The van der Waals surface area contributed by atoms with Gasteiger partial charge in [0.05, 0.1) is 33.1 Å². The van der Waals surface area contributed by atoms with Crippen LogP contribution in [0.15, 0.2) is 103 Å². The van der Waals surface area contributed by atoms with Crippen LogP contribution in [0, 0.1) is 0 Å². The maximum Gasteiger partial charge on any atom is 0.223 e. The summed E-state index contributed by atoms with van der Waals surface area (Å²) in [5, 5.41) is 4.84. The molecule has 0 bridgehead atoms. The van der Waals surface area contributed by atoms with E-state index in [0.29, 0.717) is 0 Å². The maximum absolute atomic E-state index is 5.32. The molecule has 0 fully saturated rings. The molecule has 10 aromatic rings. The Kier molecular flexibility index (Phi) is 3.41. The molecule has 0 saturated heterocycles. The second kappa shape index (κ2) is 6.72. The van der Waals surface area contributed by atoms with Gasteiger partial charge < -0.3 is 0 Å². The highest BCUT2D eigenvalue weighted by Gasteiger charge is 2.39. The number of benzene rings is 6. The number of imidazole rings is 4. The smallest absolute Gasteiger partial charge is 0.223 e. The fraction of sp³-hybridized carbons (Fsp3) is 0.0811. The third kappa shape index (κ3) is 2.25. The molecule has 0 aliphatic heterocycles. The molecule has 5 nitrogen and oxygen atoms in total. The van der Waals surface area contributed by atoms with Gasteiger partial charge in [-0.3, -0.25) is 8.80 Å². The number of hydrogen-bond acceptors (Lipinski definition) is 2. The summed E-state index contributed by atoms with van der Waals surface area (Å²) in [5.74, 6) is 1.82. The molecule has 0 amide bonds. The van der Waals surface area contributed by atoms with Gasteiger partial charge in [-0.2, -0.15) is 0 Å². The molecule has 0 N–H and O–H groups in total. The maximum atomic E-state index is 5.32. The minimum atomic E-state index is -0.139. The molecule has 0 saturated carbocycles. The van der Waals surface area contributed by atoms with E-state index in [9.17, 15) is 0 Å². The average molecular weight is 538 g/mol. The molecular formula is C37H23N5. The van der Waals surface area contributed by atoms with Crippen LogP contribution in [0.1, 0.15) is 25.0 Å². The Morgan fingerprint density at radius 1 is 0.500 bits per heavy atom. The number of aromatic nitrogens is 5. The first kappa shape index (κ1) is 21.3. The van der Waals surface area contributed by atoms with Crippen LogP contribution in [0.4, 0.5) is 0 Å². The third-order valence-electron chi connectivity index (χ3n) is 9.89. The predicted octanol–water partition coefficient (Wildman–Crippen LogP) is 8.74. The van der Waals surface area contributed by atoms with Crippen molar-refractivity contribution >= 4 is 71.7 Å². The Hall–Kier alpha value is -5.42. The summed E-state index contributed by atoms with van der Waals surface area (Å²) in [6.07, 6.45) is 0. The van der Waals surface area contributed by atoms with Gasteiger partial charge in [-0.25, -0.2) is 14.4 Å². The van der Waals surface area contributed by atoms with Gasteiger partial charge in [0.1, 0.15) is 5.52 Å². The number of fused-ring (bicyclic) bond motifs is 16. The number of rotatable bonds is 0. The molecule has 5 heteroatoms. The van der Waals surface area contributed by atoms with Crippen molar-refractivity contribution in [2.45, 2.75) is 19.3 Å². The molecule has 4 heterocycles. The van der Waals surface area contributed by atoms with Gasteiger partial charge in [-0.1, -0.05) is 86.6 Å². The molecule has 196 valence electrons. The van der Waals surface area contributed by atoms with Crippen LogP contribution < -0.4 is 0 Å². The van der Waals surface area contributed by atoms with Crippen LogP contribution >= 0.6 is 0 Å². The quantitative estimate of drug-likeness (QED) is 0.194. The lowest BCUT2D eigenvalue weighted by atomic mass is 9.82. The zero-order chi connectivity index (χ0) is 27.5. The van der Waals surface area contributed by atoms with Crippen molar-refractivity contribution in [2.75, 3.05) is 0 Å². The van der Waals surface area contributed by atoms with Crippen molar-refractivity contribution in [3.8, 4) is 11.1 Å². The van der Waals surface area contributed by atoms with E-state index < -0.39 is 0 Å². The summed E-state index contributed by atoms with van der Waals surface area (Å²) in [6.45, 7) is 4.72. The topological polar surface area (TPSA) is 39.0 Å². The standard InChI is InChI=1S/C37H23N5/c1-37(2)25-14-8-7-13-24(25)32-26(37)19-31-33-34(32)41-30-18-23-12-6-4-10-21(23)16-28(30)39-36(41)42(33)35-38-27-15-20-9-3-5-11-22(20)17-29(27)40(31)35/h3-19H,1-2H3. The van der Waals surface area contributed by atoms with Crippen molar-refractivity contribution in [3.05, 3.63) is 114 Å². The van der Waals surface area contributed by atoms with Crippen LogP contribution in [0.2, 0.25) is 0 Å². The largest absolute Gasteiger partial charge is 0.276 e. The Balaban J connectivity index is 1.45. The van der Waals surface area contributed by atoms with E-state index in [2.05, 4.69) is 130 Å². The van der Waals surface area contributed by atoms with Crippen molar-refractivity contribution in [1.29, 1.82) is 0 Å². The van der Waals surface area contributed by atoms with Gasteiger partial charge in [0.15, 0.2) is 0 Å². The fourth-order valence-corrected chi connectivity index (χ4v) is 7.96. The van der Waals surface area contributed by atoms with Crippen molar-refractivity contribution in [1.82, 2.24) is 23.2 Å². The zero-order valence-electron chi connectivity index (χ0n) is 23.1. The molecule has 4 aromatic heterocycles. The van der Waals surface area contributed by atoms with Gasteiger partial charge in [-0.05, 0) is 68.6 Å². The fourth-order valence-electron chi connectivity index (χ4n) is 7.96. The van der Waals surface area contributed by atoms with Gasteiger partial charge in [0.25, 0.3) is 0 Å². The first-order chi connectivity index (χ1) is 20.6. The average Bonchev–Trinajstić information content (AvgIpc) is 3.76. The molecule has 11 rings (SSSR count). The van der Waals surface area contributed by atoms with E-state index in [4.69, 9.17) is 9.97 Å². The molecule has 0 spiro atoms. The van der Waals surface area contributed by atoms with E-state index in [-0.39, 0.29) is 5.41 Å². The zero-order valence-corrected chi connectivity index (χ0v) is 23.1. The summed E-state index contributed by atoms with van der Waals surface area (Å²) in [5.41, 5.74) is 13.0. The van der Waals surface area contributed by atoms with Gasteiger partial charge in [0.2, 0.25) is 11.6 Å². The lowest BCUT2D eigenvalue weighted by molar-refractivity contribution is 0.661. The van der Waals surface area contributed by atoms with Gasteiger partial charge >= 0.3 is 0 Å². The van der Waals surface area contributed by atoms with E-state index >= 15 is 0 Å². The highest BCUT2D eigenvalue weighted by Crippen LogP contribution is 2.53.